The Hall–Kier alpha value is 0.0969. The van der Waals surface area contributed by atoms with Crippen LogP contribution in [0.1, 0.15) is 6.92 Å². The van der Waals surface area contributed by atoms with Gasteiger partial charge in [0.25, 0.3) is 0 Å². The highest BCUT2D eigenvalue weighted by atomic mass is 28.3. The predicted octanol–water partition coefficient (Wildman–Crippen LogP) is -0.479. The van der Waals surface area contributed by atoms with Gasteiger partial charge in [-0.05, 0) is 20.6 Å². The molecule has 4 heteroatoms. The molecular formula is C5H16N2OSi. The number of nitrogens with one attached hydrogen (secondary N) is 1. The zero-order valence-corrected chi connectivity index (χ0v) is 7.79. The van der Waals surface area contributed by atoms with E-state index < -0.39 is 9.36 Å². The molecule has 0 aliphatic carbocycles. The third kappa shape index (κ3) is 2.95. The first-order chi connectivity index (χ1) is 4.26. The Morgan fingerprint density at radius 3 is 2.33 bits per heavy atom. The molecule has 3 nitrogen and oxygen atoms in total. The second-order valence-corrected chi connectivity index (χ2v) is 4.58. The molecular weight excluding hydrogens is 132 g/mol. The van der Waals surface area contributed by atoms with Gasteiger partial charge in [-0.3, -0.25) is 4.57 Å². The van der Waals surface area contributed by atoms with E-state index in [1.807, 2.05) is 7.05 Å². The number of hydrogen-bond acceptors (Lipinski definition) is 3. The van der Waals surface area contributed by atoms with Crippen LogP contribution in [0.5, 0.6) is 0 Å². The van der Waals surface area contributed by atoms with Crippen LogP contribution < -0.4 is 4.98 Å². The minimum Gasteiger partial charge on any atom is -0.397 e. The van der Waals surface area contributed by atoms with E-state index in [4.69, 9.17) is 4.43 Å². The maximum Gasteiger partial charge on any atom is 0.337 e. The van der Waals surface area contributed by atoms with Crippen molar-refractivity contribution >= 4 is 9.36 Å². The lowest BCUT2D eigenvalue weighted by atomic mass is 10.8. The van der Waals surface area contributed by atoms with Crippen LogP contribution in [0.3, 0.4) is 0 Å². The fourth-order valence-corrected chi connectivity index (χ4v) is 2.05. The number of rotatable bonds is 4. The van der Waals surface area contributed by atoms with Gasteiger partial charge in [-0.25, -0.2) is 0 Å². The van der Waals surface area contributed by atoms with Crippen molar-refractivity contribution in [1.82, 2.24) is 9.55 Å². The van der Waals surface area contributed by atoms with Crippen molar-refractivity contribution in [3.05, 3.63) is 0 Å². The summed E-state index contributed by atoms with van der Waals surface area (Å²) in [5.74, 6) is 0. The molecule has 0 radical (unpaired) electrons. The molecule has 9 heavy (non-hydrogen) atoms. The van der Waals surface area contributed by atoms with Crippen molar-refractivity contribution in [2.24, 2.45) is 0 Å². The van der Waals surface area contributed by atoms with E-state index in [1.54, 1.807) is 7.11 Å². The summed E-state index contributed by atoms with van der Waals surface area (Å²) < 4.78 is 7.41. The van der Waals surface area contributed by atoms with E-state index in [-0.39, 0.29) is 0 Å². The van der Waals surface area contributed by atoms with E-state index in [9.17, 15) is 0 Å². The molecule has 0 saturated heterocycles. The van der Waals surface area contributed by atoms with Crippen molar-refractivity contribution < 1.29 is 4.43 Å². The molecule has 0 saturated carbocycles. The molecule has 0 bridgehead atoms. The molecule has 0 aromatic heterocycles. The van der Waals surface area contributed by atoms with E-state index in [1.165, 1.54) is 0 Å². The molecule has 1 atom stereocenters. The Kier molecular flexibility index (Phi) is 4.98. The molecule has 0 rings (SSSR count). The lowest BCUT2D eigenvalue weighted by molar-refractivity contribution is 0.337. The zero-order chi connectivity index (χ0) is 7.28. The van der Waals surface area contributed by atoms with Gasteiger partial charge in [0, 0.05) is 7.11 Å². The summed E-state index contributed by atoms with van der Waals surface area (Å²) in [4.78, 5) is 3.14. The second-order valence-electron chi connectivity index (χ2n) is 1.95. The van der Waals surface area contributed by atoms with Crippen molar-refractivity contribution in [3.8, 4) is 0 Å². The van der Waals surface area contributed by atoms with Gasteiger partial charge in [-0.15, -0.1) is 0 Å². The third-order valence-corrected chi connectivity index (χ3v) is 3.48. The Morgan fingerprint density at radius 1 is 1.67 bits per heavy atom. The highest BCUT2D eigenvalue weighted by Gasteiger charge is 2.11. The third-order valence-electron chi connectivity index (χ3n) is 1.37. The summed E-state index contributed by atoms with van der Waals surface area (Å²) >= 11 is 0. The smallest absolute Gasteiger partial charge is 0.337 e. The number of nitrogens with zero attached hydrogens (tertiary/aromatic N) is 1. The maximum atomic E-state index is 5.21. The van der Waals surface area contributed by atoms with Crippen molar-refractivity contribution in [3.63, 3.8) is 0 Å². The van der Waals surface area contributed by atoms with E-state index in [0.717, 1.165) is 6.54 Å². The summed E-state index contributed by atoms with van der Waals surface area (Å²) in [6.45, 7) is 3.17. The Morgan fingerprint density at radius 2 is 2.22 bits per heavy atom. The summed E-state index contributed by atoms with van der Waals surface area (Å²) in [6.07, 6.45) is 0. The van der Waals surface area contributed by atoms with E-state index in [0.29, 0.717) is 0 Å². The van der Waals surface area contributed by atoms with Gasteiger partial charge in [0.05, 0.1) is 0 Å². The van der Waals surface area contributed by atoms with E-state index >= 15 is 0 Å². The van der Waals surface area contributed by atoms with Crippen LogP contribution in [0, 0.1) is 0 Å². The van der Waals surface area contributed by atoms with Crippen LogP contribution in [0.25, 0.3) is 0 Å². The van der Waals surface area contributed by atoms with Crippen LogP contribution >= 0.6 is 0 Å². The van der Waals surface area contributed by atoms with Crippen LogP contribution in [-0.2, 0) is 4.43 Å². The van der Waals surface area contributed by atoms with Crippen molar-refractivity contribution in [1.29, 1.82) is 0 Å². The minimum absolute atomic E-state index is 1.05. The summed E-state index contributed by atoms with van der Waals surface area (Å²) in [5.41, 5.74) is 0. The highest BCUT2D eigenvalue weighted by Crippen LogP contribution is 1.84. The minimum atomic E-state index is -1.20. The molecule has 0 fully saturated rings. The molecule has 0 amide bonds. The van der Waals surface area contributed by atoms with Gasteiger partial charge in [-0.1, -0.05) is 6.92 Å². The summed E-state index contributed by atoms with van der Waals surface area (Å²) in [5, 5.41) is 0. The first-order valence-corrected chi connectivity index (χ1v) is 4.73. The zero-order valence-electron chi connectivity index (χ0n) is 6.64. The van der Waals surface area contributed by atoms with Crippen LogP contribution in [0.2, 0.25) is 0 Å². The first-order valence-electron chi connectivity index (χ1n) is 3.16. The summed E-state index contributed by atoms with van der Waals surface area (Å²) in [7, 11) is 4.55. The van der Waals surface area contributed by atoms with Gasteiger partial charge in [-0.2, -0.15) is 0 Å². The maximum absolute atomic E-state index is 5.21. The Labute approximate surface area is 58.9 Å². The lowest BCUT2D eigenvalue weighted by Gasteiger charge is -2.21. The molecule has 0 heterocycles. The molecule has 0 aliphatic rings. The monoisotopic (exact) mass is 148 g/mol. The lowest BCUT2D eigenvalue weighted by Crippen LogP contribution is -2.48. The topological polar surface area (TPSA) is 24.5 Å². The Bertz CT molecular complexity index is 68.0. The van der Waals surface area contributed by atoms with Crippen LogP contribution in [0.15, 0.2) is 0 Å². The highest BCUT2D eigenvalue weighted by molar-refractivity contribution is 6.45. The second kappa shape index (κ2) is 4.93. The van der Waals surface area contributed by atoms with Gasteiger partial charge in [0.15, 0.2) is 0 Å². The van der Waals surface area contributed by atoms with Crippen LogP contribution in [-0.4, -0.2) is 41.7 Å². The van der Waals surface area contributed by atoms with Gasteiger partial charge in [0.1, 0.15) is 0 Å². The van der Waals surface area contributed by atoms with Gasteiger partial charge >= 0.3 is 9.36 Å². The molecule has 1 N–H and O–H groups in total. The average molecular weight is 148 g/mol. The normalized spacial score (nSPS) is 14.3. The molecule has 0 aromatic rings. The molecule has 0 spiro atoms. The standard InChI is InChI=1S/C5H16N2OSi/c1-5-7(3)9(6-2)8-4/h6,9H,5H2,1-4H3. The fraction of sp³-hybridized carbons (Fsp3) is 1.00. The Balaban J connectivity index is 3.50. The fourth-order valence-electron chi connectivity index (χ4n) is 0.684. The largest absolute Gasteiger partial charge is 0.397 e. The van der Waals surface area contributed by atoms with Crippen molar-refractivity contribution in [2.45, 2.75) is 6.92 Å². The molecule has 56 valence electrons. The SMILES string of the molecule is CCN(C)[SiH](NC)OC. The van der Waals surface area contributed by atoms with Crippen molar-refractivity contribution in [2.75, 3.05) is 27.7 Å². The number of hydrogen-bond donors (Lipinski definition) is 1. The quantitative estimate of drug-likeness (QED) is 0.545. The average Bonchev–Trinajstić information content (AvgIpc) is 1.90. The summed E-state index contributed by atoms with van der Waals surface area (Å²) in [6, 6.07) is 0. The molecule has 0 aliphatic heterocycles. The van der Waals surface area contributed by atoms with Gasteiger partial charge in [0.2, 0.25) is 0 Å². The molecule has 1 unspecified atom stereocenters. The molecule has 0 aromatic carbocycles. The first kappa shape index (κ1) is 9.10. The predicted molar refractivity (Wildman–Crippen MR) is 41.5 cm³/mol. The van der Waals surface area contributed by atoms with Gasteiger partial charge < -0.3 is 9.41 Å². The van der Waals surface area contributed by atoms with E-state index in [2.05, 4.69) is 23.5 Å². The van der Waals surface area contributed by atoms with Crippen LogP contribution in [0.4, 0.5) is 0 Å².